The Labute approximate surface area is 89.3 Å². The molecule has 0 aliphatic carbocycles. The van der Waals surface area contributed by atoms with E-state index >= 15 is 0 Å². The van der Waals surface area contributed by atoms with E-state index < -0.39 is 5.60 Å². The molecule has 0 spiro atoms. The second-order valence-electron chi connectivity index (χ2n) is 4.49. The molecule has 1 aromatic rings. The van der Waals surface area contributed by atoms with Gasteiger partial charge < -0.3 is 14.9 Å². The highest BCUT2D eigenvalue weighted by Gasteiger charge is 2.25. The highest BCUT2D eigenvalue weighted by molar-refractivity contribution is 5.42. The SMILES string of the molecule is CC(C)(O)c1cc(CO)cc2c1COC2. The summed E-state index contributed by atoms with van der Waals surface area (Å²) in [5, 5.41) is 19.2. The molecule has 1 aliphatic rings. The molecule has 0 aromatic heterocycles. The number of ether oxygens (including phenoxy) is 1. The van der Waals surface area contributed by atoms with Crippen molar-refractivity contribution in [1.29, 1.82) is 0 Å². The minimum Gasteiger partial charge on any atom is -0.392 e. The molecule has 1 aliphatic heterocycles. The lowest BCUT2D eigenvalue weighted by Crippen LogP contribution is -2.18. The molecule has 0 amide bonds. The van der Waals surface area contributed by atoms with Gasteiger partial charge in [0, 0.05) is 0 Å². The molecule has 3 nitrogen and oxygen atoms in total. The average molecular weight is 208 g/mol. The van der Waals surface area contributed by atoms with E-state index in [0.717, 1.165) is 22.3 Å². The summed E-state index contributed by atoms with van der Waals surface area (Å²) in [6.45, 7) is 4.63. The summed E-state index contributed by atoms with van der Waals surface area (Å²) >= 11 is 0. The van der Waals surface area contributed by atoms with E-state index in [2.05, 4.69) is 0 Å². The Morgan fingerprint density at radius 3 is 2.67 bits per heavy atom. The van der Waals surface area contributed by atoms with E-state index in [1.165, 1.54) is 0 Å². The average Bonchev–Trinajstić information content (AvgIpc) is 2.61. The zero-order chi connectivity index (χ0) is 11.1. The van der Waals surface area contributed by atoms with Crippen molar-refractivity contribution >= 4 is 0 Å². The molecule has 0 unspecified atom stereocenters. The van der Waals surface area contributed by atoms with Gasteiger partial charge in [0.2, 0.25) is 0 Å². The van der Waals surface area contributed by atoms with Gasteiger partial charge in [-0.1, -0.05) is 12.1 Å². The van der Waals surface area contributed by atoms with Gasteiger partial charge in [0.25, 0.3) is 0 Å². The Morgan fingerprint density at radius 2 is 2.07 bits per heavy atom. The lowest BCUT2D eigenvalue weighted by atomic mass is 9.89. The Morgan fingerprint density at radius 1 is 1.33 bits per heavy atom. The first-order chi connectivity index (χ1) is 7.02. The molecule has 0 fully saturated rings. The zero-order valence-electron chi connectivity index (χ0n) is 9.08. The summed E-state index contributed by atoms with van der Waals surface area (Å²) in [6.07, 6.45) is 0. The molecule has 2 rings (SSSR count). The van der Waals surface area contributed by atoms with E-state index in [9.17, 15) is 5.11 Å². The number of aliphatic hydroxyl groups is 2. The van der Waals surface area contributed by atoms with E-state index in [1.54, 1.807) is 13.8 Å². The van der Waals surface area contributed by atoms with Crippen molar-refractivity contribution in [3.05, 3.63) is 34.4 Å². The number of hydrogen-bond donors (Lipinski definition) is 2. The van der Waals surface area contributed by atoms with Crippen LogP contribution in [-0.4, -0.2) is 10.2 Å². The van der Waals surface area contributed by atoms with E-state index in [1.807, 2.05) is 12.1 Å². The van der Waals surface area contributed by atoms with Crippen molar-refractivity contribution in [2.75, 3.05) is 0 Å². The predicted molar refractivity (Wildman–Crippen MR) is 56.1 cm³/mol. The summed E-state index contributed by atoms with van der Waals surface area (Å²) in [5.41, 5.74) is 2.96. The third-order valence-electron chi connectivity index (χ3n) is 2.75. The van der Waals surface area contributed by atoms with Gasteiger partial charge in [0.15, 0.2) is 0 Å². The first-order valence-electron chi connectivity index (χ1n) is 5.08. The maximum Gasteiger partial charge on any atom is 0.0844 e. The standard InChI is InChI=1S/C12H16O3/c1-12(2,14)11-4-8(5-13)3-9-6-15-7-10(9)11/h3-4,13-14H,5-7H2,1-2H3. The Bertz CT molecular complexity index is 377. The molecule has 1 heterocycles. The molecule has 0 saturated carbocycles. The smallest absolute Gasteiger partial charge is 0.0844 e. The number of fused-ring (bicyclic) bond motifs is 1. The zero-order valence-corrected chi connectivity index (χ0v) is 9.08. The van der Waals surface area contributed by atoms with Crippen LogP contribution in [0.5, 0.6) is 0 Å². The maximum absolute atomic E-state index is 10.0. The lowest BCUT2D eigenvalue weighted by molar-refractivity contribution is 0.0748. The number of rotatable bonds is 2. The van der Waals surface area contributed by atoms with E-state index in [0.29, 0.717) is 13.2 Å². The summed E-state index contributed by atoms with van der Waals surface area (Å²) in [5.74, 6) is 0. The van der Waals surface area contributed by atoms with E-state index in [-0.39, 0.29) is 6.61 Å². The normalized spacial score (nSPS) is 15.5. The molecule has 1 aromatic carbocycles. The van der Waals surface area contributed by atoms with Crippen molar-refractivity contribution in [1.82, 2.24) is 0 Å². The van der Waals surface area contributed by atoms with Crippen molar-refractivity contribution in [3.63, 3.8) is 0 Å². The fourth-order valence-electron chi connectivity index (χ4n) is 2.00. The van der Waals surface area contributed by atoms with Gasteiger partial charge in [-0.05, 0) is 36.1 Å². The second-order valence-corrected chi connectivity index (χ2v) is 4.49. The first-order valence-corrected chi connectivity index (χ1v) is 5.08. The second kappa shape index (κ2) is 3.59. The highest BCUT2D eigenvalue weighted by Crippen LogP contribution is 2.32. The molecular formula is C12H16O3. The topological polar surface area (TPSA) is 49.7 Å². The number of benzene rings is 1. The molecule has 3 heteroatoms. The van der Waals surface area contributed by atoms with Crippen LogP contribution in [0.1, 0.15) is 36.1 Å². The molecule has 2 N–H and O–H groups in total. The van der Waals surface area contributed by atoms with Gasteiger partial charge in [-0.25, -0.2) is 0 Å². The molecule has 0 atom stereocenters. The fourth-order valence-corrected chi connectivity index (χ4v) is 2.00. The lowest BCUT2D eigenvalue weighted by Gasteiger charge is -2.22. The predicted octanol–water partition coefficient (Wildman–Crippen LogP) is 1.44. The van der Waals surface area contributed by atoms with Crippen LogP contribution in [0.3, 0.4) is 0 Å². The highest BCUT2D eigenvalue weighted by atomic mass is 16.5. The van der Waals surface area contributed by atoms with Crippen LogP contribution in [0.15, 0.2) is 12.1 Å². The van der Waals surface area contributed by atoms with Gasteiger partial charge in [0.05, 0.1) is 25.4 Å². The van der Waals surface area contributed by atoms with E-state index in [4.69, 9.17) is 9.84 Å². The summed E-state index contributed by atoms with van der Waals surface area (Å²) in [7, 11) is 0. The van der Waals surface area contributed by atoms with Crippen molar-refractivity contribution < 1.29 is 14.9 Å². The van der Waals surface area contributed by atoms with Crippen molar-refractivity contribution in [2.24, 2.45) is 0 Å². The molecule has 82 valence electrons. The number of hydrogen-bond acceptors (Lipinski definition) is 3. The summed E-state index contributed by atoms with van der Waals surface area (Å²) in [4.78, 5) is 0. The van der Waals surface area contributed by atoms with Crippen LogP contribution in [0.2, 0.25) is 0 Å². The van der Waals surface area contributed by atoms with Crippen LogP contribution >= 0.6 is 0 Å². The maximum atomic E-state index is 10.0. The van der Waals surface area contributed by atoms with Crippen LogP contribution in [0, 0.1) is 0 Å². The minimum atomic E-state index is -0.886. The molecule has 15 heavy (non-hydrogen) atoms. The van der Waals surface area contributed by atoms with Gasteiger partial charge in [-0.2, -0.15) is 0 Å². The Kier molecular flexibility index (Phi) is 2.54. The van der Waals surface area contributed by atoms with Crippen molar-refractivity contribution in [3.8, 4) is 0 Å². The molecule has 0 bridgehead atoms. The van der Waals surface area contributed by atoms with Gasteiger partial charge in [-0.3, -0.25) is 0 Å². The number of aliphatic hydroxyl groups excluding tert-OH is 1. The fraction of sp³-hybridized carbons (Fsp3) is 0.500. The van der Waals surface area contributed by atoms with Gasteiger partial charge in [0.1, 0.15) is 0 Å². The third-order valence-corrected chi connectivity index (χ3v) is 2.75. The minimum absolute atomic E-state index is 0.00361. The largest absolute Gasteiger partial charge is 0.392 e. The third kappa shape index (κ3) is 1.91. The monoisotopic (exact) mass is 208 g/mol. The van der Waals surface area contributed by atoms with Crippen LogP contribution in [-0.2, 0) is 30.2 Å². The van der Waals surface area contributed by atoms with Crippen molar-refractivity contribution in [2.45, 2.75) is 39.3 Å². The van der Waals surface area contributed by atoms with Gasteiger partial charge in [-0.15, -0.1) is 0 Å². The Balaban J connectivity index is 2.57. The summed E-state index contributed by atoms with van der Waals surface area (Å²) < 4.78 is 5.36. The van der Waals surface area contributed by atoms with Crippen LogP contribution in [0.4, 0.5) is 0 Å². The Hall–Kier alpha value is -0.900. The van der Waals surface area contributed by atoms with Crippen LogP contribution in [0.25, 0.3) is 0 Å². The van der Waals surface area contributed by atoms with Gasteiger partial charge >= 0.3 is 0 Å². The summed E-state index contributed by atoms with van der Waals surface area (Å²) in [6, 6.07) is 3.80. The molecule has 0 radical (unpaired) electrons. The first kappa shape index (κ1) is 10.6. The quantitative estimate of drug-likeness (QED) is 0.773. The molecular weight excluding hydrogens is 192 g/mol. The molecule has 0 saturated heterocycles. The van der Waals surface area contributed by atoms with Crippen LogP contribution < -0.4 is 0 Å².